The van der Waals surface area contributed by atoms with Crippen molar-refractivity contribution >= 4 is 29.1 Å². The lowest BCUT2D eigenvalue weighted by Crippen LogP contribution is -2.52. The molecule has 0 radical (unpaired) electrons. The second-order valence-electron chi connectivity index (χ2n) is 8.65. The minimum atomic E-state index is -0.442. The highest BCUT2D eigenvalue weighted by molar-refractivity contribution is 6.30. The summed E-state index contributed by atoms with van der Waals surface area (Å²) in [4.78, 5) is 27.5. The summed E-state index contributed by atoms with van der Waals surface area (Å²) < 4.78 is 12.3. The lowest BCUT2D eigenvalue weighted by atomic mass is 9.85. The Morgan fingerprint density at radius 1 is 1.19 bits per heavy atom. The third-order valence-electron chi connectivity index (χ3n) is 6.44. The highest BCUT2D eigenvalue weighted by atomic mass is 35.5. The van der Waals surface area contributed by atoms with Crippen LogP contribution in [-0.2, 0) is 14.3 Å². The van der Waals surface area contributed by atoms with Gasteiger partial charge in [0, 0.05) is 36.6 Å². The van der Waals surface area contributed by atoms with Gasteiger partial charge in [0.15, 0.2) is 0 Å². The number of hydrogen-bond acceptors (Lipinski definition) is 4. The SMILES string of the molecule is O=C1CC(C(=O)N2CCC[C@]3(C[C@@H](Oc4ccc(Cl)cc4)CO3)C2)c2ccccc2N1. The number of likely N-dealkylation sites (tertiary alicyclic amines) is 1. The van der Waals surface area contributed by atoms with Crippen LogP contribution in [0.2, 0.25) is 5.02 Å². The van der Waals surface area contributed by atoms with Gasteiger partial charge in [-0.15, -0.1) is 0 Å². The van der Waals surface area contributed by atoms with Crippen molar-refractivity contribution in [2.75, 3.05) is 25.0 Å². The number of ether oxygens (including phenoxy) is 2. The maximum absolute atomic E-state index is 13.5. The Hall–Kier alpha value is -2.57. The number of anilines is 1. The molecule has 2 amide bonds. The van der Waals surface area contributed by atoms with Crippen LogP contribution in [0.4, 0.5) is 5.69 Å². The van der Waals surface area contributed by atoms with Crippen LogP contribution >= 0.6 is 11.6 Å². The predicted octanol–water partition coefficient (Wildman–Crippen LogP) is 3.99. The number of nitrogens with zero attached hydrogens (tertiary/aromatic N) is 1. The number of nitrogens with one attached hydrogen (secondary N) is 1. The van der Waals surface area contributed by atoms with Crippen LogP contribution in [0.1, 0.15) is 37.2 Å². The van der Waals surface area contributed by atoms with Gasteiger partial charge in [-0.3, -0.25) is 9.59 Å². The first-order chi connectivity index (χ1) is 15.0. The van der Waals surface area contributed by atoms with Gasteiger partial charge >= 0.3 is 0 Å². The van der Waals surface area contributed by atoms with E-state index in [9.17, 15) is 9.59 Å². The number of halogens is 1. The number of fused-ring (bicyclic) bond motifs is 1. The van der Waals surface area contributed by atoms with Gasteiger partial charge in [0.1, 0.15) is 11.9 Å². The molecule has 1 unspecified atom stereocenters. The molecule has 3 atom stereocenters. The summed E-state index contributed by atoms with van der Waals surface area (Å²) in [6.45, 7) is 1.72. The Morgan fingerprint density at radius 3 is 2.84 bits per heavy atom. The Kier molecular flexibility index (Phi) is 5.36. The van der Waals surface area contributed by atoms with E-state index in [1.165, 1.54) is 0 Å². The molecule has 3 aliphatic rings. The lowest BCUT2D eigenvalue weighted by Gasteiger charge is -2.41. The molecule has 7 heteroatoms. The summed E-state index contributed by atoms with van der Waals surface area (Å²) in [5.41, 5.74) is 1.24. The molecule has 2 aromatic carbocycles. The quantitative estimate of drug-likeness (QED) is 0.783. The van der Waals surface area contributed by atoms with Crippen LogP contribution in [0.15, 0.2) is 48.5 Å². The molecule has 2 fully saturated rings. The molecule has 31 heavy (non-hydrogen) atoms. The number of piperidine rings is 1. The van der Waals surface area contributed by atoms with Gasteiger partial charge < -0.3 is 19.7 Å². The molecule has 0 aromatic heterocycles. The van der Waals surface area contributed by atoms with Crippen molar-refractivity contribution in [1.29, 1.82) is 0 Å². The van der Waals surface area contributed by atoms with Gasteiger partial charge in [-0.1, -0.05) is 29.8 Å². The number of benzene rings is 2. The fourth-order valence-electron chi connectivity index (χ4n) is 5.01. The van der Waals surface area contributed by atoms with Gasteiger partial charge in [-0.25, -0.2) is 0 Å². The van der Waals surface area contributed by atoms with Crippen LogP contribution in [0.5, 0.6) is 5.75 Å². The van der Waals surface area contributed by atoms with Crippen molar-refractivity contribution < 1.29 is 19.1 Å². The van der Waals surface area contributed by atoms with E-state index in [1.807, 2.05) is 53.4 Å². The molecule has 162 valence electrons. The van der Waals surface area contributed by atoms with E-state index < -0.39 is 5.92 Å². The Morgan fingerprint density at radius 2 is 2.00 bits per heavy atom. The number of rotatable bonds is 3. The third-order valence-corrected chi connectivity index (χ3v) is 6.69. The molecule has 0 aliphatic carbocycles. The largest absolute Gasteiger partial charge is 0.488 e. The van der Waals surface area contributed by atoms with Crippen molar-refractivity contribution in [1.82, 2.24) is 4.90 Å². The van der Waals surface area contributed by atoms with Crippen molar-refractivity contribution in [3.05, 3.63) is 59.1 Å². The van der Waals surface area contributed by atoms with Crippen LogP contribution in [0.3, 0.4) is 0 Å². The average Bonchev–Trinajstić information content (AvgIpc) is 3.15. The summed E-state index contributed by atoms with van der Waals surface area (Å²) in [5.74, 6) is 0.218. The zero-order chi connectivity index (χ0) is 21.4. The molecule has 1 spiro atoms. The first-order valence-electron chi connectivity index (χ1n) is 10.8. The van der Waals surface area contributed by atoms with E-state index in [0.717, 1.165) is 36.3 Å². The summed E-state index contributed by atoms with van der Waals surface area (Å²) in [6.07, 6.45) is 2.64. The standard InChI is InChI=1S/C24H25ClN2O4/c25-16-6-8-17(9-7-16)31-18-13-24(30-14-18)10-3-11-27(15-24)23(29)20-12-22(28)26-21-5-2-1-4-19(20)21/h1-2,4-9,18,20H,3,10-15H2,(H,26,28)/t18-,20?,24+/m1/s1. The molecular formula is C24H25ClN2O4. The zero-order valence-electron chi connectivity index (χ0n) is 17.2. The molecule has 0 saturated carbocycles. The fraction of sp³-hybridized carbons (Fsp3) is 0.417. The van der Waals surface area contributed by atoms with Crippen LogP contribution in [-0.4, -0.2) is 48.1 Å². The maximum atomic E-state index is 13.5. The van der Waals surface area contributed by atoms with Crippen LogP contribution in [0, 0.1) is 0 Å². The molecule has 6 nitrogen and oxygen atoms in total. The number of para-hydroxylation sites is 1. The highest BCUT2D eigenvalue weighted by Gasteiger charge is 2.46. The molecule has 1 N–H and O–H groups in total. The van der Waals surface area contributed by atoms with E-state index in [-0.39, 0.29) is 29.9 Å². The average molecular weight is 441 g/mol. The molecule has 2 aromatic rings. The number of amides is 2. The summed E-state index contributed by atoms with van der Waals surface area (Å²) in [5, 5.41) is 3.54. The Labute approximate surface area is 186 Å². The summed E-state index contributed by atoms with van der Waals surface area (Å²) >= 11 is 5.95. The molecule has 3 heterocycles. The van der Waals surface area contributed by atoms with Gasteiger partial charge in [0.25, 0.3) is 0 Å². The number of hydrogen-bond donors (Lipinski definition) is 1. The van der Waals surface area contributed by atoms with Gasteiger partial charge in [-0.05, 0) is 48.7 Å². The molecular weight excluding hydrogens is 416 g/mol. The van der Waals surface area contributed by atoms with Gasteiger partial charge in [0.05, 0.1) is 18.1 Å². The van der Waals surface area contributed by atoms with Crippen LogP contribution < -0.4 is 10.1 Å². The lowest BCUT2D eigenvalue weighted by molar-refractivity contribution is -0.142. The maximum Gasteiger partial charge on any atom is 0.230 e. The molecule has 0 bridgehead atoms. The van der Waals surface area contributed by atoms with Gasteiger partial charge in [-0.2, -0.15) is 0 Å². The van der Waals surface area contributed by atoms with Crippen molar-refractivity contribution in [3.8, 4) is 5.75 Å². The minimum Gasteiger partial charge on any atom is -0.488 e. The van der Waals surface area contributed by atoms with Gasteiger partial charge in [0.2, 0.25) is 11.8 Å². The van der Waals surface area contributed by atoms with E-state index >= 15 is 0 Å². The zero-order valence-corrected chi connectivity index (χ0v) is 17.9. The normalized spacial score (nSPS) is 27.6. The first-order valence-corrected chi connectivity index (χ1v) is 11.1. The number of carbonyl (C=O) groups excluding carboxylic acids is 2. The summed E-state index contributed by atoms with van der Waals surface area (Å²) in [7, 11) is 0. The van der Waals surface area contributed by atoms with Crippen LogP contribution in [0.25, 0.3) is 0 Å². The second-order valence-corrected chi connectivity index (χ2v) is 9.08. The predicted molar refractivity (Wildman–Crippen MR) is 117 cm³/mol. The Balaban J connectivity index is 1.28. The highest BCUT2D eigenvalue weighted by Crippen LogP contribution is 2.39. The minimum absolute atomic E-state index is 0.00652. The topological polar surface area (TPSA) is 67.9 Å². The monoisotopic (exact) mass is 440 g/mol. The van der Waals surface area contributed by atoms with Crippen molar-refractivity contribution in [2.45, 2.75) is 43.3 Å². The first kappa shape index (κ1) is 20.3. The van der Waals surface area contributed by atoms with E-state index in [4.69, 9.17) is 21.1 Å². The summed E-state index contributed by atoms with van der Waals surface area (Å²) in [6, 6.07) is 14.9. The molecule has 2 saturated heterocycles. The van der Waals surface area contributed by atoms with E-state index in [1.54, 1.807) is 0 Å². The molecule has 3 aliphatic heterocycles. The van der Waals surface area contributed by atoms with Crippen molar-refractivity contribution in [2.24, 2.45) is 0 Å². The second kappa shape index (κ2) is 8.17. The smallest absolute Gasteiger partial charge is 0.230 e. The van der Waals surface area contributed by atoms with E-state index in [2.05, 4.69) is 5.32 Å². The van der Waals surface area contributed by atoms with E-state index in [0.29, 0.717) is 24.7 Å². The number of carbonyl (C=O) groups is 2. The van der Waals surface area contributed by atoms with Crippen molar-refractivity contribution in [3.63, 3.8) is 0 Å². The Bertz CT molecular complexity index is 995. The molecule has 5 rings (SSSR count). The fourth-order valence-corrected chi connectivity index (χ4v) is 5.13. The third kappa shape index (κ3) is 4.14.